The lowest BCUT2D eigenvalue weighted by atomic mass is 10.2. The summed E-state index contributed by atoms with van der Waals surface area (Å²) < 4.78 is 19.1. The van der Waals surface area contributed by atoms with Gasteiger partial charge in [0.1, 0.15) is 18.2 Å². The van der Waals surface area contributed by atoms with E-state index >= 15 is 0 Å². The van der Waals surface area contributed by atoms with Crippen molar-refractivity contribution in [3.63, 3.8) is 0 Å². The van der Waals surface area contributed by atoms with E-state index in [0.29, 0.717) is 43.6 Å². The SMILES string of the molecule is Fc1ccc(COc2ccc(Cl)cc2CNc2cc(Cl)ccc2Cl)c(Cl)c1. The fourth-order valence-corrected chi connectivity index (χ4v) is 3.22. The van der Waals surface area contributed by atoms with Crippen LogP contribution < -0.4 is 10.1 Å². The summed E-state index contributed by atoms with van der Waals surface area (Å²) in [4.78, 5) is 0. The quantitative estimate of drug-likeness (QED) is 0.421. The number of halogens is 5. The molecule has 3 aromatic carbocycles. The standard InChI is InChI=1S/C20H14Cl4FNO/c21-14-3-6-20(27-11-12-1-4-16(25)9-18(12)24)13(7-14)10-26-19-8-15(22)2-5-17(19)23/h1-9,26H,10-11H2. The second-order valence-electron chi connectivity index (χ2n) is 5.75. The third-order valence-electron chi connectivity index (χ3n) is 3.82. The molecule has 27 heavy (non-hydrogen) atoms. The zero-order chi connectivity index (χ0) is 19.4. The van der Waals surface area contributed by atoms with Crippen LogP contribution in [0, 0.1) is 5.82 Å². The molecule has 0 amide bonds. The Bertz CT molecular complexity index is 965. The first kappa shape index (κ1) is 20.1. The van der Waals surface area contributed by atoms with Gasteiger partial charge in [-0.1, -0.05) is 52.5 Å². The second kappa shape index (κ2) is 9.03. The van der Waals surface area contributed by atoms with Crippen molar-refractivity contribution in [3.8, 4) is 5.75 Å². The van der Waals surface area contributed by atoms with Crippen molar-refractivity contribution < 1.29 is 9.13 Å². The molecular weight excluding hydrogens is 431 g/mol. The number of rotatable bonds is 6. The van der Waals surface area contributed by atoms with E-state index in [1.54, 1.807) is 42.5 Å². The molecule has 0 heterocycles. The summed E-state index contributed by atoms with van der Waals surface area (Å²) >= 11 is 24.4. The zero-order valence-corrected chi connectivity index (χ0v) is 16.9. The Morgan fingerprint density at radius 1 is 0.778 bits per heavy atom. The minimum Gasteiger partial charge on any atom is -0.488 e. The lowest BCUT2D eigenvalue weighted by Crippen LogP contribution is -2.04. The first-order valence-corrected chi connectivity index (χ1v) is 9.47. The fraction of sp³-hybridized carbons (Fsp3) is 0.100. The highest BCUT2D eigenvalue weighted by Crippen LogP contribution is 2.29. The van der Waals surface area contributed by atoms with Crippen molar-refractivity contribution in [1.82, 2.24) is 0 Å². The van der Waals surface area contributed by atoms with Gasteiger partial charge in [-0.3, -0.25) is 0 Å². The van der Waals surface area contributed by atoms with Crippen LogP contribution in [0.1, 0.15) is 11.1 Å². The highest BCUT2D eigenvalue weighted by molar-refractivity contribution is 6.35. The van der Waals surface area contributed by atoms with Crippen LogP contribution in [0.2, 0.25) is 20.1 Å². The third-order valence-corrected chi connectivity index (χ3v) is 4.97. The Kier molecular flexibility index (Phi) is 6.72. The smallest absolute Gasteiger partial charge is 0.124 e. The summed E-state index contributed by atoms with van der Waals surface area (Å²) in [6.45, 7) is 0.624. The Hall–Kier alpha value is -1.65. The van der Waals surface area contributed by atoms with E-state index in [2.05, 4.69) is 5.32 Å². The second-order valence-corrected chi connectivity index (χ2v) is 7.44. The van der Waals surface area contributed by atoms with Crippen LogP contribution in [0.25, 0.3) is 0 Å². The molecule has 0 saturated carbocycles. The molecule has 0 atom stereocenters. The van der Waals surface area contributed by atoms with E-state index < -0.39 is 5.82 Å². The minimum absolute atomic E-state index is 0.200. The number of benzene rings is 3. The van der Waals surface area contributed by atoms with Crippen LogP contribution in [0.5, 0.6) is 5.75 Å². The molecule has 1 N–H and O–H groups in total. The number of anilines is 1. The molecular formula is C20H14Cl4FNO. The summed E-state index contributed by atoms with van der Waals surface area (Å²) in [6.07, 6.45) is 0. The molecule has 3 aromatic rings. The summed E-state index contributed by atoms with van der Waals surface area (Å²) in [6, 6.07) is 14.7. The van der Waals surface area contributed by atoms with Crippen LogP contribution >= 0.6 is 46.4 Å². The van der Waals surface area contributed by atoms with Gasteiger partial charge in [0, 0.05) is 27.7 Å². The van der Waals surface area contributed by atoms with Gasteiger partial charge in [-0.05, 0) is 48.5 Å². The number of nitrogens with one attached hydrogen (secondary N) is 1. The topological polar surface area (TPSA) is 21.3 Å². The molecule has 3 rings (SSSR count). The molecule has 0 saturated heterocycles. The molecule has 0 bridgehead atoms. The van der Waals surface area contributed by atoms with Gasteiger partial charge in [-0.2, -0.15) is 0 Å². The first-order chi connectivity index (χ1) is 12.9. The van der Waals surface area contributed by atoms with Gasteiger partial charge in [0.15, 0.2) is 0 Å². The van der Waals surface area contributed by atoms with Gasteiger partial charge in [0.2, 0.25) is 0 Å². The van der Waals surface area contributed by atoms with Crippen molar-refractivity contribution in [1.29, 1.82) is 0 Å². The first-order valence-electron chi connectivity index (χ1n) is 7.96. The van der Waals surface area contributed by atoms with Gasteiger partial charge in [0.25, 0.3) is 0 Å². The minimum atomic E-state index is -0.390. The third kappa shape index (κ3) is 5.43. The largest absolute Gasteiger partial charge is 0.488 e. The Morgan fingerprint density at radius 2 is 1.52 bits per heavy atom. The van der Waals surface area contributed by atoms with Crippen LogP contribution in [-0.2, 0) is 13.2 Å². The van der Waals surface area contributed by atoms with E-state index in [1.807, 2.05) is 0 Å². The van der Waals surface area contributed by atoms with Gasteiger partial charge >= 0.3 is 0 Å². The van der Waals surface area contributed by atoms with Crippen molar-refractivity contribution >= 4 is 52.1 Å². The van der Waals surface area contributed by atoms with E-state index in [9.17, 15) is 4.39 Å². The van der Waals surface area contributed by atoms with Crippen molar-refractivity contribution in [2.24, 2.45) is 0 Å². The van der Waals surface area contributed by atoms with Crippen LogP contribution in [0.3, 0.4) is 0 Å². The Morgan fingerprint density at radius 3 is 2.30 bits per heavy atom. The summed E-state index contributed by atoms with van der Waals surface area (Å²) in [7, 11) is 0. The molecule has 0 fully saturated rings. The summed E-state index contributed by atoms with van der Waals surface area (Å²) in [5.74, 6) is 0.240. The predicted octanol–water partition coefficient (Wildman–Crippen LogP) is 7.63. The maximum Gasteiger partial charge on any atom is 0.124 e. The van der Waals surface area contributed by atoms with Crippen molar-refractivity contribution in [2.75, 3.05) is 5.32 Å². The molecule has 0 spiro atoms. The maximum absolute atomic E-state index is 13.2. The maximum atomic E-state index is 13.2. The molecule has 0 aliphatic heterocycles. The van der Waals surface area contributed by atoms with E-state index in [1.165, 1.54) is 12.1 Å². The van der Waals surface area contributed by atoms with E-state index in [4.69, 9.17) is 51.1 Å². The Balaban J connectivity index is 1.75. The Labute approximate surface area is 176 Å². The van der Waals surface area contributed by atoms with Gasteiger partial charge < -0.3 is 10.1 Å². The molecule has 0 aromatic heterocycles. The van der Waals surface area contributed by atoms with Crippen molar-refractivity contribution in [3.05, 3.63) is 91.6 Å². The number of ether oxygens (including phenoxy) is 1. The molecule has 2 nitrogen and oxygen atoms in total. The van der Waals surface area contributed by atoms with Gasteiger partial charge in [0.05, 0.1) is 15.7 Å². The molecule has 7 heteroatoms. The summed E-state index contributed by atoms with van der Waals surface area (Å²) in [5.41, 5.74) is 2.22. The zero-order valence-electron chi connectivity index (χ0n) is 13.9. The lowest BCUT2D eigenvalue weighted by Gasteiger charge is -2.15. The highest BCUT2D eigenvalue weighted by Gasteiger charge is 2.09. The van der Waals surface area contributed by atoms with Crippen LogP contribution in [-0.4, -0.2) is 0 Å². The molecule has 0 unspecified atom stereocenters. The van der Waals surface area contributed by atoms with Crippen LogP contribution in [0.15, 0.2) is 54.6 Å². The molecule has 0 radical (unpaired) electrons. The number of hydrogen-bond donors (Lipinski definition) is 1. The normalized spacial score (nSPS) is 10.7. The molecule has 140 valence electrons. The predicted molar refractivity (Wildman–Crippen MR) is 111 cm³/mol. The van der Waals surface area contributed by atoms with E-state index in [-0.39, 0.29) is 6.61 Å². The average Bonchev–Trinajstić information content (AvgIpc) is 2.63. The number of hydrogen-bond acceptors (Lipinski definition) is 2. The van der Waals surface area contributed by atoms with Gasteiger partial charge in [-0.15, -0.1) is 0 Å². The highest BCUT2D eigenvalue weighted by atomic mass is 35.5. The van der Waals surface area contributed by atoms with Crippen LogP contribution in [0.4, 0.5) is 10.1 Å². The summed E-state index contributed by atoms with van der Waals surface area (Å²) in [5, 5.41) is 5.25. The molecule has 0 aliphatic rings. The monoisotopic (exact) mass is 443 g/mol. The van der Waals surface area contributed by atoms with E-state index in [0.717, 1.165) is 5.56 Å². The van der Waals surface area contributed by atoms with Gasteiger partial charge in [-0.25, -0.2) is 4.39 Å². The molecule has 0 aliphatic carbocycles. The fourth-order valence-electron chi connectivity index (χ4n) is 2.44. The average molecular weight is 445 g/mol. The van der Waals surface area contributed by atoms with Crippen molar-refractivity contribution in [2.45, 2.75) is 13.2 Å². The lowest BCUT2D eigenvalue weighted by molar-refractivity contribution is 0.303.